The molecule has 1 atom stereocenters. The number of Topliss-reactive ketones (excluding diaryl/α,β-unsaturated/α-hetero) is 1. The largest absolute Gasteiger partial charge is 0.505 e. The number of phenols is 1. The van der Waals surface area contributed by atoms with E-state index in [1.807, 2.05) is 32.0 Å². The molecule has 0 heterocycles. The quantitative estimate of drug-likeness (QED) is 0.267. The summed E-state index contributed by atoms with van der Waals surface area (Å²) in [6, 6.07) is 12.8. The van der Waals surface area contributed by atoms with Gasteiger partial charge < -0.3 is 31.1 Å². The normalized spacial score (nSPS) is 12.4. The van der Waals surface area contributed by atoms with Gasteiger partial charge in [0.25, 0.3) is 5.91 Å². The van der Waals surface area contributed by atoms with Crippen LogP contribution in [0, 0.1) is 5.92 Å². The van der Waals surface area contributed by atoms with E-state index < -0.39 is 24.3 Å². The minimum Gasteiger partial charge on any atom is -0.505 e. The lowest BCUT2D eigenvalue weighted by molar-refractivity contribution is -0.119. The first-order valence-corrected chi connectivity index (χ1v) is 10.8. The monoisotopic (exact) mass is 468 g/mol. The third-order valence-corrected chi connectivity index (χ3v) is 5.09. The van der Waals surface area contributed by atoms with Crippen LogP contribution in [0.1, 0.15) is 31.1 Å². The number of hydrogen-bond acceptors (Lipinski definition) is 7. The molecule has 34 heavy (non-hydrogen) atoms. The van der Waals surface area contributed by atoms with Gasteiger partial charge in [0.05, 0.1) is 11.3 Å². The van der Waals surface area contributed by atoms with Gasteiger partial charge in [-0.2, -0.15) is 0 Å². The smallest absolute Gasteiger partial charge is 0.257 e. The molecule has 0 aliphatic rings. The molecule has 0 radical (unpaired) electrons. The summed E-state index contributed by atoms with van der Waals surface area (Å²) in [5.74, 6) is -1.83. The Kier molecular flexibility index (Phi) is 9.20. The maximum absolute atomic E-state index is 12.9. The highest BCUT2D eigenvalue weighted by molar-refractivity contribution is 6.02. The van der Waals surface area contributed by atoms with Gasteiger partial charge in [0.15, 0.2) is 5.75 Å². The van der Waals surface area contributed by atoms with E-state index >= 15 is 0 Å². The zero-order chi connectivity index (χ0) is 25.4. The summed E-state index contributed by atoms with van der Waals surface area (Å²) in [5.41, 5.74) is 1.06. The fourth-order valence-corrected chi connectivity index (χ4v) is 3.23. The summed E-state index contributed by atoms with van der Waals surface area (Å²) in [6.45, 7) is 4.52. The molecule has 0 saturated carbocycles. The second-order valence-electron chi connectivity index (χ2n) is 8.33. The van der Waals surface area contributed by atoms with Gasteiger partial charge in [0.2, 0.25) is 11.7 Å². The number of ketones is 1. The lowest BCUT2D eigenvalue weighted by Gasteiger charge is -2.25. The summed E-state index contributed by atoms with van der Waals surface area (Å²) in [6.07, 6.45) is 0. The highest BCUT2D eigenvalue weighted by Gasteiger charge is 2.25. The fourth-order valence-electron chi connectivity index (χ4n) is 3.23. The van der Waals surface area contributed by atoms with Crippen molar-refractivity contribution in [2.75, 3.05) is 31.3 Å². The van der Waals surface area contributed by atoms with E-state index in [0.29, 0.717) is 11.4 Å². The van der Waals surface area contributed by atoms with E-state index in [-0.39, 0.29) is 34.5 Å². The van der Waals surface area contributed by atoms with E-state index in [9.17, 15) is 24.6 Å². The number of rotatable bonds is 10. The lowest BCUT2D eigenvalue weighted by atomic mass is 10.0. The van der Waals surface area contributed by atoms with Gasteiger partial charge in [-0.05, 0) is 37.1 Å². The van der Waals surface area contributed by atoms with Crippen LogP contribution in [-0.2, 0) is 9.59 Å². The van der Waals surface area contributed by atoms with Crippen molar-refractivity contribution in [3.8, 4) is 5.75 Å². The van der Waals surface area contributed by atoms with Crippen molar-refractivity contribution in [2.45, 2.75) is 26.8 Å². The number of nitrogens with one attached hydrogen (secondary N) is 3. The molecule has 0 aliphatic carbocycles. The van der Waals surface area contributed by atoms with E-state index in [0.717, 1.165) is 0 Å². The molecular formula is C25H32N4O5. The number of carbonyl (C=O) groups is 3. The molecule has 0 bridgehead atoms. The van der Waals surface area contributed by atoms with Crippen molar-refractivity contribution in [1.82, 2.24) is 10.2 Å². The average molecular weight is 469 g/mol. The van der Waals surface area contributed by atoms with Crippen molar-refractivity contribution >= 4 is 29.0 Å². The van der Waals surface area contributed by atoms with Crippen LogP contribution in [0.5, 0.6) is 5.75 Å². The highest BCUT2D eigenvalue weighted by Crippen LogP contribution is 2.30. The number of phenolic OH excluding ortho intramolecular Hbond substituents is 1. The number of allylic oxidation sites excluding steroid dienone is 1. The lowest BCUT2D eigenvalue weighted by Crippen LogP contribution is -2.44. The molecule has 182 valence electrons. The van der Waals surface area contributed by atoms with E-state index in [1.165, 1.54) is 17.0 Å². The molecule has 2 rings (SSSR count). The predicted molar refractivity (Wildman–Crippen MR) is 131 cm³/mol. The Bertz CT molecular complexity index is 1060. The number of aromatic hydroxyl groups is 1. The number of amides is 2. The summed E-state index contributed by atoms with van der Waals surface area (Å²) in [4.78, 5) is 39.1. The Morgan fingerprint density at radius 3 is 2.18 bits per heavy atom. The molecule has 0 spiro atoms. The van der Waals surface area contributed by atoms with E-state index in [4.69, 9.17) is 0 Å². The molecule has 0 aromatic heterocycles. The summed E-state index contributed by atoms with van der Waals surface area (Å²) < 4.78 is 0. The van der Waals surface area contributed by atoms with Crippen LogP contribution in [-0.4, -0.2) is 59.5 Å². The molecule has 0 saturated heterocycles. The van der Waals surface area contributed by atoms with Crippen molar-refractivity contribution in [2.24, 2.45) is 5.92 Å². The molecule has 5 N–H and O–H groups in total. The van der Waals surface area contributed by atoms with Crippen LogP contribution in [0.15, 0.2) is 59.9 Å². The number of benzene rings is 2. The van der Waals surface area contributed by atoms with Gasteiger partial charge in [-0.25, -0.2) is 0 Å². The molecule has 2 amide bonds. The molecule has 1 unspecified atom stereocenters. The van der Waals surface area contributed by atoms with Gasteiger partial charge in [0.1, 0.15) is 18.3 Å². The Balaban J connectivity index is 2.37. The first-order chi connectivity index (χ1) is 16.1. The number of anilines is 2. The first-order valence-electron chi connectivity index (χ1n) is 10.8. The zero-order valence-electron chi connectivity index (χ0n) is 20.0. The number of nitrogens with zero attached hydrogens (tertiary/aromatic N) is 1. The number of hydrogen-bond donors (Lipinski definition) is 5. The van der Waals surface area contributed by atoms with Crippen LogP contribution < -0.4 is 16.0 Å². The van der Waals surface area contributed by atoms with Crippen molar-refractivity contribution < 1.29 is 24.6 Å². The summed E-state index contributed by atoms with van der Waals surface area (Å²) in [5, 5.41) is 28.9. The van der Waals surface area contributed by atoms with Gasteiger partial charge >= 0.3 is 0 Å². The Labute approximate surface area is 199 Å². The van der Waals surface area contributed by atoms with Gasteiger partial charge in [-0.1, -0.05) is 38.1 Å². The molecule has 9 nitrogen and oxygen atoms in total. The third kappa shape index (κ3) is 6.58. The average Bonchev–Trinajstić information content (AvgIpc) is 2.81. The maximum atomic E-state index is 12.9. The molecule has 2 aromatic carbocycles. The second kappa shape index (κ2) is 11.9. The number of aliphatic hydroxyl groups is 1. The third-order valence-electron chi connectivity index (χ3n) is 5.09. The predicted octanol–water partition coefficient (Wildman–Crippen LogP) is 2.55. The van der Waals surface area contributed by atoms with Crippen LogP contribution in [0.2, 0.25) is 0 Å². The minimum absolute atomic E-state index is 0.0367. The second-order valence-corrected chi connectivity index (χ2v) is 8.33. The standard InChI is InChI=1S/C25H32N4O5/c1-15(2)21(24(33)27-17-10-7-6-8-11-17)26-16(3)22(20(31)14-30)28-19-13-9-12-18(23(19)32)25(34)29(4)5/h6-13,15,21,26,28,30,32H,14H2,1-5H3,(H,27,33)/b22-16-. The van der Waals surface area contributed by atoms with Crippen molar-refractivity contribution in [1.29, 1.82) is 0 Å². The Morgan fingerprint density at radius 2 is 1.62 bits per heavy atom. The molecule has 9 heteroatoms. The minimum atomic E-state index is -0.791. The topological polar surface area (TPSA) is 131 Å². The van der Waals surface area contributed by atoms with Gasteiger partial charge in [0, 0.05) is 25.5 Å². The number of carbonyl (C=O) groups excluding carboxylic acids is 3. The first kappa shape index (κ1) is 26.4. The van der Waals surface area contributed by atoms with E-state index in [1.54, 1.807) is 39.2 Å². The Morgan fingerprint density at radius 1 is 0.971 bits per heavy atom. The van der Waals surface area contributed by atoms with Crippen molar-refractivity contribution in [3.63, 3.8) is 0 Å². The van der Waals surface area contributed by atoms with Gasteiger partial charge in [-0.3, -0.25) is 14.4 Å². The SMILES string of the molecule is C/C(NC(C(=O)Nc1ccccc1)C(C)C)=C(/Nc1cccc(C(=O)N(C)C)c1O)C(=O)CO. The van der Waals surface area contributed by atoms with Gasteiger partial charge in [-0.15, -0.1) is 0 Å². The van der Waals surface area contributed by atoms with Crippen molar-refractivity contribution in [3.05, 3.63) is 65.5 Å². The molecule has 0 aliphatic heterocycles. The number of aliphatic hydroxyl groups excluding tert-OH is 1. The fraction of sp³-hybridized carbons (Fsp3) is 0.320. The number of para-hydroxylation sites is 2. The van der Waals surface area contributed by atoms with Crippen LogP contribution in [0.4, 0.5) is 11.4 Å². The van der Waals surface area contributed by atoms with Crippen LogP contribution in [0.3, 0.4) is 0 Å². The van der Waals surface area contributed by atoms with Crippen LogP contribution >= 0.6 is 0 Å². The highest BCUT2D eigenvalue weighted by atomic mass is 16.3. The van der Waals surface area contributed by atoms with E-state index in [2.05, 4.69) is 16.0 Å². The molecular weight excluding hydrogens is 436 g/mol. The van der Waals surface area contributed by atoms with Crippen LogP contribution in [0.25, 0.3) is 0 Å². The maximum Gasteiger partial charge on any atom is 0.257 e. The molecule has 2 aromatic rings. The summed E-state index contributed by atoms with van der Waals surface area (Å²) >= 11 is 0. The Hall–Kier alpha value is -3.85. The molecule has 0 fully saturated rings. The summed E-state index contributed by atoms with van der Waals surface area (Å²) in [7, 11) is 3.12. The zero-order valence-corrected chi connectivity index (χ0v) is 20.0.